The van der Waals surface area contributed by atoms with E-state index in [1.54, 1.807) is 0 Å². The third-order valence-electron chi connectivity index (χ3n) is 12.1. The molecule has 0 radical (unpaired) electrons. The molecule has 0 atom stereocenters. The van der Waals surface area contributed by atoms with Crippen LogP contribution < -0.4 is 0 Å². The fourth-order valence-electron chi connectivity index (χ4n) is 8.98. The van der Waals surface area contributed by atoms with E-state index in [-0.39, 0.29) is 5.41 Å². The summed E-state index contributed by atoms with van der Waals surface area (Å²) in [5.74, 6) is 0.362. The number of nitriles is 1. The molecule has 10 rings (SSSR count). The molecule has 0 amide bonds. The van der Waals surface area contributed by atoms with E-state index in [9.17, 15) is 5.26 Å². The number of rotatable bonds is 6. The van der Waals surface area contributed by atoms with E-state index >= 15 is 0 Å². The predicted molar refractivity (Wildman–Crippen MR) is 250 cm³/mol. The van der Waals surface area contributed by atoms with Crippen molar-refractivity contribution in [1.29, 1.82) is 5.26 Å². The Morgan fingerprint density at radius 2 is 1.47 bits per heavy atom. The summed E-state index contributed by atoms with van der Waals surface area (Å²) in [7, 11) is 0. The van der Waals surface area contributed by atoms with Crippen molar-refractivity contribution < 1.29 is 4.42 Å². The maximum absolute atomic E-state index is 10.7. The number of allylic oxidation sites excluding steroid dienone is 4. The lowest BCUT2D eigenvalue weighted by Gasteiger charge is -2.19. The maximum Gasteiger partial charge on any atom is 0.177 e. The molecule has 0 aliphatic carbocycles. The van der Waals surface area contributed by atoms with Crippen molar-refractivity contribution in [1.82, 2.24) is 13.7 Å². The average molecular weight is 778 g/mol. The molecule has 0 bridgehead atoms. The second-order valence-corrected chi connectivity index (χ2v) is 17.2. The van der Waals surface area contributed by atoms with Gasteiger partial charge in [-0.15, -0.1) is 0 Å². The Kier molecular flexibility index (Phi) is 8.46. The number of hydrogen-bond donors (Lipinski definition) is 0. The number of para-hydroxylation sites is 2. The highest BCUT2D eigenvalue weighted by Crippen LogP contribution is 2.41. The molecule has 10 aromatic rings. The van der Waals surface area contributed by atoms with Gasteiger partial charge in [-0.25, -0.2) is 4.85 Å². The van der Waals surface area contributed by atoms with E-state index in [1.165, 1.54) is 28.3 Å². The summed E-state index contributed by atoms with van der Waals surface area (Å²) in [6.45, 7) is 21.2. The number of nitrogens with zero attached hydrogens (tertiary/aromatic N) is 5. The third-order valence-corrected chi connectivity index (χ3v) is 12.1. The lowest BCUT2D eigenvalue weighted by molar-refractivity contribution is 0.591. The molecule has 0 N–H and O–H groups in total. The van der Waals surface area contributed by atoms with Crippen LogP contribution in [0.4, 0.5) is 0 Å². The smallest absolute Gasteiger partial charge is 0.177 e. The van der Waals surface area contributed by atoms with Crippen LogP contribution in [0.25, 0.3) is 98.9 Å². The minimum absolute atomic E-state index is 0.0353. The maximum atomic E-state index is 10.7. The number of furan rings is 1. The first-order valence-electron chi connectivity index (χ1n) is 20.4. The monoisotopic (exact) mass is 777 g/mol. The van der Waals surface area contributed by atoms with Gasteiger partial charge < -0.3 is 18.1 Å². The summed E-state index contributed by atoms with van der Waals surface area (Å²) in [5.41, 5.74) is 12.5. The first-order chi connectivity index (χ1) is 29.0. The molecule has 6 heteroatoms. The largest absolute Gasteiger partial charge is 0.455 e. The standard InChI is InChI=1S/C54H43N5O/c1-33(2)36-16-20-48-43(27-36)44-28-37(54(4,5)6)17-21-49(44)59(48)39(31-56-7)26-35(30-55)24-25-57-47-22-18-38(58-32-34(3)40-12-8-10-14-46(40)58)29-45(47)52-50(57)23-19-42-41-13-9-11-15-51(41)60-53(42)52/h8-29,31-33H,1-6H3/b25-24+,35-26+,39-31-. The summed E-state index contributed by atoms with van der Waals surface area (Å²) < 4.78 is 13.2. The summed E-state index contributed by atoms with van der Waals surface area (Å²) in [6.07, 6.45) is 9.35. The van der Waals surface area contributed by atoms with Crippen molar-refractivity contribution in [2.24, 2.45) is 0 Å². The molecule has 0 spiro atoms. The Labute approximate surface area is 348 Å². The summed E-state index contributed by atoms with van der Waals surface area (Å²) in [4.78, 5) is 3.76. The zero-order chi connectivity index (χ0) is 41.4. The molecule has 0 unspecified atom stereocenters. The Morgan fingerprint density at radius 3 is 2.23 bits per heavy atom. The van der Waals surface area contributed by atoms with Crippen LogP contribution in [0.5, 0.6) is 0 Å². The van der Waals surface area contributed by atoms with Crippen molar-refractivity contribution in [2.45, 2.75) is 52.9 Å². The van der Waals surface area contributed by atoms with Gasteiger partial charge in [0, 0.05) is 56.1 Å². The van der Waals surface area contributed by atoms with Crippen LogP contribution in [0.3, 0.4) is 0 Å². The van der Waals surface area contributed by atoms with Crippen LogP contribution in [0, 0.1) is 24.8 Å². The van der Waals surface area contributed by atoms with Crippen LogP contribution >= 0.6 is 0 Å². The van der Waals surface area contributed by atoms with Gasteiger partial charge in [-0.3, -0.25) is 0 Å². The number of benzene rings is 6. The number of aromatic nitrogens is 3. The molecule has 0 saturated heterocycles. The van der Waals surface area contributed by atoms with E-state index in [2.05, 4.69) is 169 Å². The highest BCUT2D eigenvalue weighted by Gasteiger charge is 2.21. The lowest BCUT2D eigenvalue weighted by Crippen LogP contribution is -2.10. The Balaban J connectivity index is 1.16. The quantitative estimate of drug-likeness (QED) is 0.0959. The minimum atomic E-state index is -0.0353. The van der Waals surface area contributed by atoms with Gasteiger partial charge in [0.05, 0.1) is 51.2 Å². The molecule has 6 nitrogen and oxygen atoms in total. The second kappa shape index (κ2) is 13.8. The molecule has 0 saturated carbocycles. The van der Waals surface area contributed by atoms with Gasteiger partial charge >= 0.3 is 0 Å². The van der Waals surface area contributed by atoms with Crippen molar-refractivity contribution in [3.05, 3.63) is 173 Å². The zero-order valence-electron chi connectivity index (χ0n) is 34.6. The SMILES string of the molecule is [C-]#[N+]/C=C(/C=C(C#N)\C=C\n1c2ccc(-n3cc(C)c4ccccc43)cc2c2c3oc4ccccc4c3ccc21)n1c2ccc(C(C)C)cc2c2cc(C(C)(C)C)ccc21. The van der Waals surface area contributed by atoms with Crippen molar-refractivity contribution >= 4 is 88.4 Å². The molecule has 0 aliphatic rings. The lowest BCUT2D eigenvalue weighted by atomic mass is 9.86. The van der Waals surface area contributed by atoms with Crippen molar-refractivity contribution in [2.75, 3.05) is 0 Å². The highest BCUT2D eigenvalue weighted by molar-refractivity contribution is 6.24. The number of aryl methyl sites for hydroxylation is 1. The normalized spacial score (nSPS) is 13.1. The first kappa shape index (κ1) is 36.8. The van der Waals surface area contributed by atoms with E-state index in [0.29, 0.717) is 17.2 Å². The average Bonchev–Trinajstić information content (AvgIpc) is 3.98. The molecule has 290 valence electrons. The second-order valence-electron chi connectivity index (χ2n) is 17.2. The van der Waals surface area contributed by atoms with E-state index < -0.39 is 0 Å². The first-order valence-corrected chi connectivity index (χ1v) is 20.4. The van der Waals surface area contributed by atoms with Crippen LogP contribution in [0.15, 0.2) is 150 Å². The molecule has 0 aliphatic heterocycles. The topological polar surface area (TPSA) is 56.1 Å². The van der Waals surface area contributed by atoms with Crippen LogP contribution in [0.1, 0.15) is 57.2 Å². The third kappa shape index (κ3) is 5.75. The van der Waals surface area contributed by atoms with Gasteiger partial charge in [-0.2, -0.15) is 5.26 Å². The van der Waals surface area contributed by atoms with E-state index in [0.717, 1.165) is 76.8 Å². The molecule has 60 heavy (non-hydrogen) atoms. The van der Waals surface area contributed by atoms with Gasteiger partial charge in [0.25, 0.3) is 0 Å². The fraction of sp³-hybridized carbons (Fsp3) is 0.148. The number of fused-ring (bicyclic) bond motifs is 11. The molecule has 6 aromatic carbocycles. The fourth-order valence-corrected chi connectivity index (χ4v) is 8.98. The van der Waals surface area contributed by atoms with Crippen molar-refractivity contribution in [3.63, 3.8) is 0 Å². The number of hydrogen-bond acceptors (Lipinski definition) is 2. The van der Waals surface area contributed by atoms with Crippen LogP contribution in [-0.2, 0) is 5.41 Å². The minimum Gasteiger partial charge on any atom is -0.455 e. The Morgan fingerprint density at radius 1 is 0.750 bits per heavy atom. The van der Waals surface area contributed by atoms with Crippen LogP contribution in [-0.4, -0.2) is 13.7 Å². The summed E-state index contributed by atoms with van der Waals surface area (Å²) in [6, 6.07) is 43.2. The summed E-state index contributed by atoms with van der Waals surface area (Å²) >= 11 is 0. The van der Waals surface area contributed by atoms with Gasteiger partial charge in [-0.1, -0.05) is 83.1 Å². The highest BCUT2D eigenvalue weighted by atomic mass is 16.3. The van der Waals surface area contributed by atoms with E-state index in [1.807, 2.05) is 36.6 Å². The summed E-state index contributed by atoms with van der Waals surface area (Å²) in [5, 5.41) is 18.4. The zero-order valence-corrected chi connectivity index (χ0v) is 34.6. The van der Waals surface area contributed by atoms with Gasteiger partial charge in [0.15, 0.2) is 6.20 Å². The van der Waals surface area contributed by atoms with E-state index in [4.69, 9.17) is 11.0 Å². The predicted octanol–water partition coefficient (Wildman–Crippen LogP) is 14.8. The van der Waals surface area contributed by atoms with Crippen LogP contribution in [0.2, 0.25) is 0 Å². The Hall–Kier alpha value is -7.54. The molecule has 4 aromatic heterocycles. The molecule has 0 fully saturated rings. The van der Waals surface area contributed by atoms with Crippen molar-refractivity contribution in [3.8, 4) is 11.8 Å². The molecular formula is C54H43N5O. The molecule has 4 heterocycles. The van der Waals surface area contributed by atoms with Gasteiger partial charge in [0.1, 0.15) is 11.2 Å². The van der Waals surface area contributed by atoms with Gasteiger partial charge in [0.2, 0.25) is 0 Å². The Bertz CT molecular complexity index is 3590. The van der Waals surface area contributed by atoms with Gasteiger partial charge in [-0.05, 0) is 114 Å². The molecular weight excluding hydrogens is 735 g/mol.